The van der Waals surface area contributed by atoms with Gasteiger partial charge < -0.3 is 9.80 Å². The van der Waals surface area contributed by atoms with Gasteiger partial charge >= 0.3 is 0 Å². The number of nitrogens with zero attached hydrogens (tertiary/aromatic N) is 2. The molecule has 0 spiro atoms. The van der Waals surface area contributed by atoms with Crippen LogP contribution in [0.4, 0.5) is 0 Å². The summed E-state index contributed by atoms with van der Waals surface area (Å²) in [5, 5.41) is 0. The second-order valence-corrected chi connectivity index (χ2v) is 4.68. The van der Waals surface area contributed by atoms with Gasteiger partial charge in [0.2, 0.25) is 5.91 Å². The average molecular weight is 230 g/mol. The van der Waals surface area contributed by atoms with E-state index in [1.807, 2.05) is 14.0 Å². The first-order chi connectivity index (χ1) is 7.40. The van der Waals surface area contributed by atoms with Crippen molar-refractivity contribution < 1.29 is 4.79 Å². The van der Waals surface area contributed by atoms with Crippen molar-refractivity contribution in [3.8, 4) is 0 Å². The number of hydrogen-bond donors (Lipinski definition) is 2. The molecule has 0 aromatic heterocycles. The fourth-order valence-electron chi connectivity index (χ4n) is 1.57. The number of nitrogens with two attached hydrogens (primary N) is 1. The average Bonchev–Trinajstić information content (AvgIpc) is 2.25. The molecule has 0 aliphatic heterocycles. The molecule has 3 N–H and O–H groups in total. The van der Waals surface area contributed by atoms with Crippen LogP contribution in [-0.4, -0.2) is 56.0 Å². The van der Waals surface area contributed by atoms with E-state index in [-0.39, 0.29) is 17.9 Å². The Bertz CT molecular complexity index is 208. The van der Waals surface area contributed by atoms with Crippen molar-refractivity contribution in [2.24, 2.45) is 11.8 Å². The first kappa shape index (κ1) is 15.3. The van der Waals surface area contributed by atoms with Crippen LogP contribution in [0.25, 0.3) is 0 Å². The molecular weight excluding hydrogens is 204 g/mol. The zero-order valence-electron chi connectivity index (χ0n) is 11.2. The predicted molar refractivity (Wildman–Crippen MR) is 66.8 cm³/mol. The second-order valence-electron chi connectivity index (χ2n) is 4.68. The van der Waals surface area contributed by atoms with E-state index in [1.165, 1.54) is 0 Å². The smallest absolute Gasteiger partial charge is 0.238 e. The van der Waals surface area contributed by atoms with E-state index >= 15 is 0 Å². The molecule has 2 atom stereocenters. The van der Waals surface area contributed by atoms with Gasteiger partial charge in [-0.3, -0.25) is 10.2 Å². The predicted octanol–water partition coefficient (Wildman–Crippen LogP) is -0.116. The van der Waals surface area contributed by atoms with E-state index < -0.39 is 0 Å². The summed E-state index contributed by atoms with van der Waals surface area (Å²) in [6.45, 7) is 6.00. The number of carbonyl (C=O) groups is 1. The normalized spacial score (nSPS) is 15.2. The van der Waals surface area contributed by atoms with Gasteiger partial charge in [-0.15, -0.1) is 0 Å². The topological polar surface area (TPSA) is 61.6 Å². The van der Waals surface area contributed by atoms with Gasteiger partial charge in [-0.2, -0.15) is 0 Å². The number of rotatable bonds is 7. The van der Waals surface area contributed by atoms with Crippen molar-refractivity contribution in [1.82, 2.24) is 15.2 Å². The van der Waals surface area contributed by atoms with Crippen molar-refractivity contribution in [1.29, 1.82) is 0 Å². The maximum atomic E-state index is 11.4. The minimum Gasteiger partial charge on any atom is -0.309 e. The largest absolute Gasteiger partial charge is 0.309 e. The van der Waals surface area contributed by atoms with Crippen molar-refractivity contribution in [3.63, 3.8) is 0 Å². The highest BCUT2D eigenvalue weighted by Gasteiger charge is 2.22. The minimum absolute atomic E-state index is 0.0886. The first-order valence-electron chi connectivity index (χ1n) is 5.75. The molecule has 0 aliphatic rings. The summed E-state index contributed by atoms with van der Waals surface area (Å²) < 4.78 is 0. The molecule has 5 nitrogen and oxygen atoms in total. The Hall–Kier alpha value is -0.650. The molecule has 0 radical (unpaired) electrons. The molecule has 1 amide bonds. The lowest BCUT2D eigenvalue weighted by molar-refractivity contribution is -0.126. The van der Waals surface area contributed by atoms with E-state index in [4.69, 9.17) is 5.84 Å². The summed E-state index contributed by atoms with van der Waals surface area (Å²) in [5.41, 5.74) is 2.20. The summed E-state index contributed by atoms with van der Waals surface area (Å²) >= 11 is 0. The Morgan fingerprint density at radius 1 is 1.25 bits per heavy atom. The first-order valence-corrected chi connectivity index (χ1v) is 5.75. The van der Waals surface area contributed by atoms with E-state index in [0.29, 0.717) is 0 Å². The molecule has 96 valence electrons. The number of nitrogens with one attached hydrogen (secondary N) is 1. The highest BCUT2D eigenvalue weighted by molar-refractivity contribution is 5.78. The summed E-state index contributed by atoms with van der Waals surface area (Å²) in [7, 11) is 6.17. The van der Waals surface area contributed by atoms with Gasteiger partial charge in [0.25, 0.3) is 0 Å². The molecule has 0 bridgehead atoms. The molecule has 0 aromatic carbocycles. The van der Waals surface area contributed by atoms with Crippen molar-refractivity contribution in [2.75, 3.05) is 34.2 Å². The lowest BCUT2D eigenvalue weighted by Crippen LogP contribution is -2.45. The molecule has 0 saturated carbocycles. The summed E-state index contributed by atoms with van der Waals surface area (Å²) in [4.78, 5) is 15.7. The van der Waals surface area contributed by atoms with E-state index in [1.54, 1.807) is 0 Å². The van der Waals surface area contributed by atoms with Gasteiger partial charge in [-0.05, 0) is 47.6 Å². The lowest BCUT2D eigenvalue weighted by Gasteiger charge is -2.29. The summed E-state index contributed by atoms with van der Waals surface area (Å²) in [6, 6.07) is 0.200. The molecule has 0 rings (SSSR count). The van der Waals surface area contributed by atoms with Crippen molar-refractivity contribution in [3.05, 3.63) is 0 Å². The van der Waals surface area contributed by atoms with Gasteiger partial charge in [0.15, 0.2) is 0 Å². The van der Waals surface area contributed by atoms with Crippen LogP contribution in [0, 0.1) is 5.92 Å². The zero-order valence-corrected chi connectivity index (χ0v) is 11.2. The Morgan fingerprint density at radius 2 is 1.81 bits per heavy atom. The van der Waals surface area contributed by atoms with Crippen LogP contribution in [-0.2, 0) is 4.79 Å². The van der Waals surface area contributed by atoms with E-state index in [0.717, 1.165) is 19.5 Å². The van der Waals surface area contributed by atoms with Gasteiger partial charge in [0.1, 0.15) is 0 Å². The molecule has 0 heterocycles. The molecule has 5 heteroatoms. The Morgan fingerprint density at radius 3 is 2.25 bits per heavy atom. The van der Waals surface area contributed by atoms with Crippen LogP contribution in [0.3, 0.4) is 0 Å². The second kappa shape index (κ2) is 7.60. The quantitative estimate of drug-likeness (QED) is 0.364. The van der Waals surface area contributed by atoms with Gasteiger partial charge in [-0.1, -0.05) is 6.92 Å². The monoisotopic (exact) mass is 230 g/mol. The Balaban J connectivity index is 3.97. The van der Waals surface area contributed by atoms with Crippen LogP contribution in [0.2, 0.25) is 0 Å². The fraction of sp³-hybridized carbons (Fsp3) is 0.909. The molecule has 0 fully saturated rings. The van der Waals surface area contributed by atoms with Crippen LogP contribution in [0.5, 0.6) is 0 Å². The number of carbonyl (C=O) groups excluding carboxylic acids is 1. The minimum atomic E-state index is -0.105. The number of hydrazine groups is 1. The molecular formula is C11H26N4O. The molecule has 0 aromatic rings. The maximum absolute atomic E-state index is 11.4. The highest BCUT2D eigenvalue weighted by atomic mass is 16.2. The standard InChI is InChI=1S/C11H26N4O/c1-9(11(16)13-12)10(2)15(5)8-6-7-14(3)4/h9-10H,6-8,12H2,1-5H3,(H,13,16). The number of amides is 1. The van der Waals surface area contributed by atoms with Crippen LogP contribution >= 0.6 is 0 Å². The van der Waals surface area contributed by atoms with Gasteiger partial charge in [0.05, 0.1) is 5.92 Å². The third-order valence-electron chi connectivity index (χ3n) is 3.09. The molecule has 2 unspecified atom stereocenters. The van der Waals surface area contributed by atoms with E-state index in [9.17, 15) is 4.79 Å². The van der Waals surface area contributed by atoms with Crippen LogP contribution < -0.4 is 11.3 Å². The van der Waals surface area contributed by atoms with Crippen molar-refractivity contribution >= 4 is 5.91 Å². The summed E-state index contributed by atoms with van der Waals surface area (Å²) in [6.07, 6.45) is 1.10. The zero-order chi connectivity index (χ0) is 12.7. The third-order valence-corrected chi connectivity index (χ3v) is 3.09. The lowest BCUT2D eigenvalue weighted by atomic mass is 10.0. The molecule has 0 saturated heterocycles. The van der Waals surface area contributed by atoms with Gasteiger partial charge in [0, 0.05) is 6.04 Å². The third kappa shape index (κ3) is 5.44. The van der Waals surface area contributed by atoms with Crippen LogP contribution in [0.15, 0.2) is 0 Å². The Labute approximate surface area is 98.9 Å². The highest BCUT2D eigenvalue weighted by Crippen LogP contribution is 2.09. The van der Waals surface area contributed by atoms with Crippen LogP contribution in [0.1, 0.15) is 20.3 Å². The van der Waals surface area contributed by atoms with Crippen molar-refractivity contribution in [2.45, 2.75) is 26.3 Å². The Kier molecular flexibility index (Phi) is 7.29. The molecule has 16 heavy (non-hydrogen) atoms. The van der Waals surface area contributed by atoms with Gasteiger partial charge in [-0.25, -0.2) is 5.84 Å². The number of hydrogen-bond acceptors (Lipinski definition) is 4. The maximum Gasteiger partial charge on any atom is 0.238 e. The SMILES string of the molecule is CC(C(=O)NN)C(C)N(C)CCCN(C)C. The molecule has 0 aliphatic carbocycles. The fourth-order valence-corrected chi connectivity index (χ4v) is 1.57. The van der Waals surface area contributed by atoms with E-state index in [2.05, 4.69) is 36.2 Å². The summed E-state index contributed by atoms with van der Waals surface area (Å²) in [5.74, 6) is 4.93.